The Labute approximate surface area is 298 Å². The van der Waals surface area contributed by atoms with Crippen molar-refractivity contribution in [2.75, 3.05) is 13.2 Å². The van der Waals surface area contributed by atoms with Gasteiger partial charge in [-0.15, -0.1) is 0 Å². The molecule has 0 fully saturated rings. The molecule has 0 amide bonds. The summed E-state index contributed by atoms with van der Waals surface area (Å²) in [6, 6.07) is 0. The van der Waals surface area contributed by atoms with Crippen LogP contribution in [0, 0.1) is 0 Å². The fourth-order valence-corrected chi connectivity index (χ4v) is 5.25. The Morgan fingerprint density at radius 2 is 0.939 bits per heavy atom. The van der Waals surface area contributed by atoms with E-state index in [1.165, 1.54) is 64.2 Å². The number of allylic oxidation sites excluding steroid dienone is 10. The minimum Gasteiger partial charge on any atom is -0.462 e. The van der Waals surface area contributed by atoms with Crippen LogP contribution in [0.1, 0.15) is 162 Å². The number of ether oxygens (including phenoxy) is 2. The number of hydrogen-bond donors (Lipinski definition) is 2. The molecule has 2 N–H and O–H groups in total. The Morgan fingerprint density at radius 1 is 0.531 bits per heavy atom. The topological polar surface area (TPSA) is 119 Å². The third-order valence-electron chi connectivity index (χ3n) is 7.76. The van der Waals surface area contributed by atoms with Crippen LogP contribution in [-0.4, -0.2) is 41.0 Å². The van der Waals surface area contributed by atoms with Crippen LogP contribution in [0.15, 0.2) is 60.8 Å². The number of carbonyl (C=O) groups excluding carboxylic acids is 2. The lowest BCUT2D eigenvalue weighted by atomic mass is 10.1. The van der Waals surface area contributed by atoms with Crippen LogP contribution >= 0.6 is 7.82 Å². The van der Waals surface area contributed by atoms with E-state index in [-0.39, 0.29) is 19.4 Å². The van der Waals surface area contributed by atoms with Crippen molar-refractivity contribution in [3.63, 3.8) is 0 Å². The summed E-state index contributed by atoms with van der Waals surface area (Å²) in [7, 11) is -4.77. The van der Waals surface area contributed by atoms with Gasteiger partial charge in [0.25, 0.3) is 0 Å². The van der Waals surface area contributed by atoms with Gasteiger partial charge in [-0.25, -0.2) is 4.57 Å². The molecular weight excluding hydrogens is 639 g/mol. The lowest BCUT2D eigenvalue weighted by Crippen LogP contribution is -2.29. The first kappa shape index (κ1) is 46.8. The van der Waals surface area contributed by atoms with Crippen LogP contribution in [0.4, 0.5) is 0 Å². The summed E-state index contributed by atoms with van der Waals surface area (Å²) in [6.45, 7) is 3.58. The minimum atomic E-state index is -4.77. The molecule has 0 saturated carbocycles. The van der Waals surface area contributed by atoms with Gasteiger partial charge in [0.15, 0.2) is 6.10 Å². The molecule has 0 aromatic carbocycles. The molecule has 0 aliphatic heterocycles. The number of phosphoric acid groups is 1. The number of esters is 2. The average Bonchev–Trinajstić information content (AvgIpc) is 3.07. The molecule has 0 unspecified atom stereocenters. The molecule has 0 heterocycles. The maximum atomic E-state index is 12.3. The SMILES string of the molecule is CCCCC/C=C/C/C=C/C/C=C/C/C=C/CCCC(=O)O[C@H](COC(=O)CCCCCCC/C=C/CCCCCCC)COP(=O)(O)O. The van der Waals surface area contributed by atoms with E-state index in [4.69, 9.17) is 19.3 Å². The van der Waals surface area contributed by atoms with Gasteiger partial charge in [0.05, 0.1) is 6.61 Å². The zero-order valence-corrected chi connectivity index (χ0v) is 31.7. The predicted molar refractivity (Wildman–Crippen MR) is 202 cm³/mol. The summed E-state index contributed by atoms with van der Waals surface area (Å²) in [5, 5.41) is 0. The highest BCUT2D eigenvalue weighted by Crippen LogP contribution is 2.35. The molecule has 0 aromatic rings. The molecule has 0 rings (SSSR count). The second kappa shape index (κ2) is 35.6. The molecular formula is C40H69O8P. The van der Waals surface area contributed by atoms with Crippen molar-refractivity contribution in [2.45, 2.75) is 168 Å². The molecule has 9 heteroatoms. The number of hydrogen-bond acceptors (Lipinski definition) is 6. The Hall–Kier alpha value is -2.25. The van der Waals surface area contributed by atoms with Gasteiger partial charge in [-0.3, -0.25) is 14.1 Å². The van der Waals surface area contributed by atoms with E-state index >= 15 is 0 Å². The smallest absolute Gasteiger partial charge is 0.462 e. The normalized spacial score (nSPS) is 13.1. The monoisotopic (exact) mass is 708 g/mol. The second-order valence-corrected chi connectivity index (χ2v) is 13.8. The fourth-order valence-electron chi connectivity index (χ4n) is 4.89. The molecule has 0 aliphatic rings. The summed E-state index contributed by atoms with van der Waals surface area (Å²) in [6.07, 6.45) is 43.7. The third-order valence-corrected chi connectivity index (χ3v) is 8.24. The summed E-state index contributed by atoms with van der Waals surface area (Å²) in [4.78, 5) is 42.7. The van der Waals surface area contributed by atoms with Gasteiger partial charge < -0.3 is 19.3 Å². The van der Waals surface area contributed by atoms with Crippen LogP contribution in [-0.2, 0) is 28.2 Å². The van der Waals surface area contributed by atoms with E-state index in [1.807, 2.05) is 6.08 Å². The van der Waals surface area contributed by atoms with Crippen LogP contribution < -0.4 is 0 Å². The fraction of sp³-hybridized carbons (Fsp3) is 0.700. The minimum absolute atomic E-state index is 0.132. The van der Waals surface area contributed by atoms with E-state index in [0.29, 0.717) is 19.3 Å². The highest BCUT2D eigenvalue weighted by molar-refractivity contribution is 7.46. The standard InChI is InChI=1S/C40H69O8P/c1-3-5-7-9-11-13-15-17-19-20-21-23-25-27-29-31-33-35-40(42)48-38(37-47-49(43,44)45)36-46-39(41)34-32-30-28-26-24-22-18-16-14-12-10-8-6-4-2/h11,13,16-19,21,23,27,29,38H,3-10,12,14-15,20,22,24-26,28,30-37H2,1-2H3,(H2,43,44,45)/b13-11+,18-16+,19-17+,23-21+,29-27+/t38-/m1/s1. The Balaban J connectivity index is 4.10. The number of phosphoric ester groups is 1. The van der Waals surface area contributed by atoms with Crippen molar-refractivity contribution in [1.82, 2.24) is 0 Å². The van der Waals surface area contributed by atoms with Gasteiger partial charge in [0.1, 0.15) is 6.61 Å². The van der Waals surface area contributed by atoms with E-state index in [2.05, 4.69) is 73.1 Å². The first-order valence-corrected chi connectivity index (χ1v) is 20.6. The first-order valence-electron chi connectivity index (χ1n) is 19.1. The number of rotatable bonds is 34. The van der Waals surface area contributed by atoms with Gasteiger partial charge in [0, 0.05) is 12.8 Å². The van der Waals surface area contributed by atoms with Crippen molar-refractivity contribution in [1.29, 1.82) is 0 Å². The molecule has 0 saturated heterocycles. The lowest BCUT2D eigenvalue weighted by molar-refractivity contribution is -0.161. The third kappa shape index (κ3) is 38.4. The highest BCUT2D eigenvalue weighted by Gasteiger charge is 2.22. The van der Waals surface area contributed by atoms with Gasteiger partial charge in [-0.1, -0.05) is 132 Å². The molecule has 0 bridgehead atoms. The van der Waals surface area contributed by atoms with E-state index in [1.54, 1.807) is 0 Å². The Morgan fingerprint density at radius 3 is 1.49 bits per heavy atom. The van der Waals surface area contributed by atoms with Gasteiger partial charge in [-0.2, -0.15) is 0 Å². The molecule has 282 valence electrons. The van der Waals surface area contributed by atoms with Crippen LogP contribution in [0.25, 0.3) is 0 Å². The summed E-state index contributed by atoms with van der Waals surface area (Å²) >= 11 is 0. The van der Waals surface area contributed by atoms with Crippen molar-refractivity contribution in [2.24, 2.45) is 0 Å². The lowest BCUT2D eigenvalue weighted by Gasteiger charge is -2.18. The van der Waals surface area contributed by atoms with Gasteiger partial charge in [-0.05, 0) is 77.0 Å². The van der Waals surface area contributed by atoms with Crippen molar-refractivity contribution < 1.29 is 37.9 Å². The van der Waals surface area contributed by atoms with Crippen molar-refractivity contribution in [3.8, 4) is 0 Å². The number of carbonyl (C=O) groups is 2. The molecule has 0 radical (unpaired) electrons. The predicted octanol–water partition coefficient (Wildman–Crippen LogP) is 11.3. The summed E-state index contributed by atoms with van der Waals surface area (Å²) in [5.41, 5.74) is 0. The van der Waals surface area contributed by atoms with Crippen LogP contribution in [0.2, 0.25) is 0 Å². The average molecular weight is 709 g/mol. The van der Waals surface area contributed by atoms with E-state index < -0.39 is 32.5 Å². The largest absolute Gasteiger partial charge is 0.469 e. The molecule has 8 nitrogen and oxygen atoms in total. The Bertz CT molecular complexity index is 979. The summed E-state index contributed by atoms with van der Waals surface area (Å²) in [5.74, 6) is -0.965. The van der Waals surface area contributed by atoms with Gasteiger partial charge in [0.2, 0.25) is 0 Å². The van der Waals surface area contributed by atoms with Gasteiger partial charge >= 0.3 is 19.8 Å². The number of unbranched alkanes of at least 4 members (excludes halogenated alkanes) is 14. The quantitative estimate of drug-likeness (QED) is 0.0293. The summed E-state index contributed by atoms with van der Waals surface area (Å²) < 4.78 is 26.2. The molecule has 0 spiro atoms. The second-order valence-electron chi connectivity index (χ2n) is 12.5. The highest BCUT2D eigenvalue weighted by atomic mass is 31.2. The zero-order valence-electron chi connectivity index (χ0n) is 30.8. The molecule has 1 atom stereocenters. The first-order chi connectivity index (χ1) is 23.8. The molecule has 49 heavy (non-hydrogen) atoms. The molecule has 0 aliphatic carbocycles. The van der Waals surface area contributed by atoms with Crippen molar-refractivity contribution in [3.05, 3.63) is 60.8 Å². The maximum absolute atomic E-state index is 12.3. The van der Waals surface area contributed by atoms with Crippen molar-refractivity contribution >= 4 is 19.8 Å². The van der Waals surface area contributed by atoms with E-state index in [0.717, 1.165) is 51.4 Å². The zero-order chi connectivity index (χ0) is 36.1. The van der Waals surface area contributed by atoms with Crippen LogP contribution in [0.5, 0.6) is 0 Å². The van der Waals surface area contributed by atoms with Crippen LogP contribution in [0.3, 0.4) is 0 Å². The Kier molecular flexibility index (Phi) is 33.9. The maximum Gasteiger partial charge on any atom is 0.469 e. The molecule has 0 aromatic heterocycles. The van der Waals surface area contributed by atoms with E-state index in [9.17, 15) is 14.2 Å².